The van der Waals surface area contributed by atoms with Crippen LogP contribution in [-0.2, 0) is 23.9 Å². The molecule has 10 heteroatoms. The summed E-state index contributed by atoms with van der Waals surface area (Å²) in [4.78, 5) is 22.8. The Kier molecular flexibility index (Phi) is 7.23. The van der Waals surface area contributed by atoms with Crippen LogP contribution in [0.2, 0.25) is 0 Å². The number of esters is 1. The molecule has 0 radical (unpaired) electrons. The quantitative estimate of drug-likeness (QED) is 0.297. The molecule has 0 saturated carbocycles. The first kappa shape index (κ1) is 24.9. The summed E-state index contributed by atoms with van der Waals surface area (Å²) in [6.45, 7) is 0.855. The van der Waals surface area contributed by atoms with Gasteiger partial charge in [0.1, 0.15) is 5.01 Å². The molecule has 0 fully saturated rings. The van der Waals surface area contributed by atoms with Gasteiger partial charge in [0.25, 0.3) is 0 Å². The zero-order chi connectivity index (χ0) is 25.2. The highest BCUT2D eigenvalue weighted by Gasteiger charge is 2.32. The number of imidazole rings is 1. The molecule has 0 N–H and O–H groups in total. The monoisotopic (exact) mass is 502 g/mol. The zero-order valence-electron chi connectivity index (χ0n) is 19.5. The maximum Gasteiger partial charge on any atom is 0.416 e. The number of aryl methyl sites for hydroxylation is 1. The molecule has 2 heterocycles. The van der Waals surface area contributed by atoms with Crippen LogP contribution in [0.15, 0.2) is 55.1 Å². The summed E-state index contributed by atoms with van der Waals surface area (Å²) in [5, 5.41) is 0.415. The van der Waals surface area contributed by atoms with Crippen LogP contribution in [0.4, 0.5) is 13.2 Å². The molecule has 0 aliphatic heterocycles. The van der Waals surface area contributed by atoms with Crippen molar-refractivity contribution in [3.63, 3.8) is 0 Å². The van der Waals surface area contributed by atoms with E-state index in [0.29, 0.717) is 16.6 Å². The minimum atomic E-state index is -4.60. The topological polar surface area (TPSA) is 60.2 Å². The largest absolute Gasteiger partial charge is 0.465 e. The fourth-order valence-corrected chi connectivity index (χ4v) is 4.92. The van der Waals surface area contributed by atoms with Crippen molar-refractivity contribution in [1.82, 2.24) is 19.4 Å². The Hall–Kier alpha value is -3.24. The van der Waals surface area contributed by atoms with Crippen molar-refractivity contribution in [2.24, 2.45) is 0 Å². The van der Waals surface area contributed by atoms with Gasteiger partial charge in [-0.3, -0.25) is 0 Å². The number of hydrogen-bond donors (Lipinski definition) is 0. The first-order valence-electron chi connectivity index (χ1n) is 11.0. The van der Waals surface area contributed by atoms with Gasteiger partial charge >= 0.3 is 12.1 Å². The third kappa shape index (κ3) is 5.88. The van der Waals surface area contributed by atoms with Crippen molar-refractivity contribution in [2.45, 2.75) is 31.6 Å². The smallest absolute Gasteiger partial charge is 0.416 e. The first-order chi connectivity index (χ1) is 16.6. The van der Waals surface area contributed by atoms with Crippen molar-refractivity contribution in [3.05, 3.63) is 71.8 Å². The molecule has 6 nitrogen and oxygen atoms in total. The van der Waals surface area contributed by atoms with Gasteiger partial charge in [-0.05, 0) is 62.8 Å². The Morgan fingerprint density at radius 2 is 2.00 bits per heavy atom. The second-order valence-corrected chi connectivity index (χ2v) is 9.55. The summed E-state index contributed by atoms with van der Waals surface area (Å²) >= 11 is 1.30. The summed E-state index contributed by atoms with van der Waals surface area (Å²) in [6, 6.07) is 9.44. The number of benzene rings is 2. The molecule has 0 aliphatic carbocycles. The van der Waals surface area contributed by atoms with Crippen molar-refractivity contribution in [3.8, 4) is 10.6 Å². The number of nitrogens with zero attached hydrogens (tertiary/aromatic N) is 4. The summed E-state index contributed by atoms with van der Waals surface area (Å²) in [7, 11) is 5.24. The second-order valence-electron chi connectivity index (χ2n) is 8.52. The molecule has 1 atom stereocenters. The molecule has 0 saturated heterocycles. The summed E-state index contributed by atoms with van der Waals surface area (Å²) < 4.78 is 47.9. The molecule has 1 unspecified atom stereocenters. The second kappa shape index (κ2) is 10.2. The fraction of sp³-hybridized carbons (Fsp3) is 0.320. The number of rotatable bonds is 8. The Bertz CT molecular complexity index is 1320. The van der Waals surface area contributed by atoms with Crippen molar-refractivity contribution < 1.29 is 22.7 Å². The van der Waals surface area contributed by atoms with Crippen LogP contribution in [-0.4, -0.2) is 52.7 Å². The number of carbonyl (C=O) groups excluding carboxylic acids is 1. The highest BCUT2D eigenvalue weighted by Crippen LogP contribution is 2.36. The summed E-state index contributed by atoms with van der Waals surface area (Å²) in [5.74, 6) is -0.828. The molecule has 0 aliphatic rings. The highest BCUT2D eigenvalue weighted by molar-refractivity contribution is 7.21. The molecule has 2 aromatic carbocycles. The predicted molar refractivity (Wildman–Crippen MR) is 129 cm³/mol. The number of aromatic nitrogens is 3. The molecule has 0 spiro atoms. The third-order valence-electron chi connectivity index (χ3n) is 5.86. The van der Waals surface area contributed by atoms with Gasteiger partial charge in [-0.1, -0.05) is 6.07 Å². The van der Waals surface area contributed by atoms with Crippen LogP contribution in [0.3, 0.4) is 0 Å². The molecule has 0 bridgehead atoms. The number of halogens is 3. The van der Waals surface area contributed by atoms with E-state index >= 15 is 0 Å². The minimum absolute atomic E-state index is 0.163. The number of ether oxygens (including phenoxy) is 1. The maximum atomic E-state index is 13.4. The van der Waals surface area contributed by atoms with Gasteiger partial charge in [0, 0.05) is 30.5 Å². The predicted octanol–water partition coefficient (Wildman–Crippen LogP) is 5.53. The van der Waals surface area contributed by atoms with Gasteiger partial charge in [-0.25, -0.2) is 14.8 Å². The van der Waals surface area contributed by atoms with Gasteiger partial charge in [0.05, 0.1) is 34.8 Å². The summed E-state index contributed by atoms with van der Waals surface area (Å²) in [5.41, 5.74) is 0.974. The van der Waals surface area contributed by atoms with Crippen LogP contribution < -0.4 is 0 Å². The van der Waals surface area contributed by atoms with E-state index in [0.717, 1.165) is 48.9 Å². The number of hydrogen-bond acceptors (Lipinski definition) is 6. The van der Waals surface area contributed by atoms with Gasteiger partial charge in [-0.2, -0.15) is 13.2 Å². The lowest BCUT2D eigenvalue weighted by molar-refractivity contribution is -0.137. The van der Waals surface area contributed by atoms with Crippen LogP contribution >= 0.6 is 11.3 Å². The molecule has 184 valence electrons. The lowest BCUT2D eigenvalue weighted by atomic mass is 10.0. The fourth-order valence-electron chi connectivity index (χ4n) is 3.90. The lowest BCUT2D eigenvalue weighted by Crippen LogP contribution is -2.31. The third-order valence-corrected chi connectivity index (χ3v) is 6.93. The van der Waals surface area contributed by atoms with Crippen LogP contribution in [0.1, 0.15) is 27.9 Å². The van der Waals surface area contributed by atoms with Gasteiger partial charge in [0.15, 0.2) is 0 Å². The first-order valence-corrected chi connectivity index (χ1v) is 11.8. The highest BCUT2D eigenvalue weighted by atomic mass is 32.1. The van der Waals surface area contributed by atoms with E-state index in [1.54, 1.807) is 12.5 Å². The summed E-state index contributed by atoms with van der Waals surface area (Å²) in [6.07, 6.45) is 2.67. The SMILES string of the molecule is COC(=O)c1cc(-c2nc3ccc(CC(CCn4ccnc4)N(C)C)cc3s2)cc(C(F)(F)F)c1. The van der Waals surface area contributed by atoms with E-state index in [1.165, 1.54) is 17.4 Å². The van der Waals surface area contributed by atoms with Gasteiger partial charge in [-0.15, -0.1) is 11.3 Å². The molecule has 4 rings (SSSR count). The molecule has 2 aromatic heterocycles. The average Bonchev–Trinajstić information content (AvgIpc) is 3.49. The van der Waals surface area contributed by atoms with Crippen molar-refractivity contribution >= 4 is 27.5 Å². The van der Waals surface area contributed by atoms with Crippen LogP contribution in [0.5, 0.6) is 0 Å². The Morgan fingerprint density at radius 1 is 1.20 bits per heavy atom. The molecular weight excluding hydrogens is 477 g/mol. The molecular formula is C25H25F3N4O2S. The molecule has 4 aromatic rings. The normalized spacial score (nSPS) is 12.9. The standard InChI is InChI=1S/C25H25F3N4O2S/c1-31(2)20(6-8-32-9-7-29-15-32)10-16-4-5-21-22(11-16)35-23(30-21)17-12-18(24(33)34-3)14-19(13-17)25(26,27)28/h4-5,7,9,11-15,20H,6,8,10H2,1-3H3. The van der Waals surface area contributed by atoms with E-state index in [4.69, 9.17) is 0 Å². The van der Waals surface area contributed by atoms with E-state index in [1.807, 2.05) is 29.0 Å². The zero-order valence-corrected chi connectivity index (χ0v) is 20.4. The number of carbonyl (C=O) groups is 1. The lowest BCUT2D eigenvalue weighted by Gasteiger charge is -2.24. The van der Waals surface area contributed by atoms with E-state index < -0.39 is 17.7 Å². The number of thiazole rings is 1. The van der Waals surface area contributed by atoms with Crippen LogP contribution in [0.25, 0.3) is 20.8 Å². The maximum absolute atomic E-state index is 13.4. The number of likely N-dealkylation sites (N-methyl/N-ethyl adjacent to an activating group) is 1. The Morgan fingerprint density at radius 3 is 2.66 bits per heavy atom. The molecule has 0 amide bonds. The van der Waals surface area contributed by atoms with Gasteiger partial charge in [0.2, 0.25) is 0 Å². The van der Waals surface area contributed by atoms with Crippen molar-refractivity contribution in [1.29, 1.82) is 0 Å². The Labute approximate surface area is 205 Å². The van der Waals surface area contributed by atoms with Crippen molar-refractivity contribution in [2.75, 3.05) is 21.2 Å². The number of methoxy groups -OCH3 is 1. The Balaban J connectivity index is 1.61. The van der Waals surface area contributed by atoms with Crippen LogP contribution in [0, 0.1) is 0 Å². The molecule has 35 heavy (non-hydrogen) atoms. The van der Waals surface area contributed by atoms with E-state index in [2.05, 4.69) is 33.7 Å². The number of fused-ring (bicyclic) bond motifs is 1. The van der Waals surface area contributed by atoms with E-state index in [9.17, 15) is 18.0 Å². The average molecular weight is 503 g/mol. The number of alkyl halides is 3. The minimum Gasteiger partial charge on any atom is -0.465 e. The van der Waals surface area contributed by atoms with E-state index in [-0.39, 0.29) is 11.1 Å². The van der Waals surface area contributed by atoms with Gasteiger partial charge < -0.3 is 14.2 Å².